The smallest absolute Gasteiger partial charge is 0.324 e. The predicted molar refractivity (Wildman–Crippen MR) is 136 cm³/mol. The van der Waals surface area contributed by atoms with Crippen LogP contribution in [0.4, 0.5) is 16.3 Å². The lowest BCUT2D eigenvalue weighted by Gasteiger charge is -2.14. The number of hydrogen-bond acceptors (Lipinski definition) is 6. The first kappa shape index (κ1) is 24.2. The summed E-state index contributed by atoms with van der Waals surface area (Å²) in [4.78, 5) is 16.9. The third-order valence-corrected chi connectivity index (χ3v) is 5.31. The summed E-state index contributed by atoms with van der Waals surface area (Å²) in [6.07, 6.45) is 1.76. The summed E-state index contributed by atoms with van der Waals surface area (Å²) in [6.45, 7) is 8.18. The monoisotopic (exact) mass is 477 g/mol. The number of urea groups is 1. The van der Waals surface area contributed by atoms with Crippen molar-refractivity contribution in [3.05, 3.63) is 60.6 Å². The fraction of sp³-hybridized carbons (Fsp3) is 0.320. The zero-order valence-corrected chi connectivity index (χ0v) is 20.2. The molecule has 4 rings (SSSR count). The standard InChI is InChI=1S/C25H31N7O3/c1-25(2,3)22-15-23(31-30-22)29-24(33)28-17-4-6-18(7-5-17)32-16-27-20-14-19(8-9-21(20)32)35-13-12-34-11-10-26/h4-9,14-16H,10-13,26H2,1-3H3,(H3,28,29,30,31,33). The average Bonchev–Trinajstić information content (AvgIpc) is 3.46. The molecule has 0 aliphatic heterocycles. The lowest BCUT2D eigenvalue weighted by atomic mass is 9.92. The van der Waals surface area contributed by atoms with Crippen molar-refractivity contribution in [2.45, 2.75) is 26.2 Å². The Labute approximate surface area is 203 Å². The molecule has 0 saturated heterocycles. The highest BCUT2D eigenvalue weighted by molar-refractivity contribution is 5.99. The summed E-state index contributed by atoms with van der Waals surface area (Å²) in [5.41, 5.74) is 9.62. The number of ether oxygens (including phenoxy) is 2. The maximum Gasteiger partial charge on any atom is 0.324 e. The molecule has 35 heavy (non-hydrogen) atoms. The van der Waals surface area contributed by atoms with E-state index in [1.807, 2.05) is 53.1 Å². The molecule has 5 N–H and O–H groups in total. The Morgan fingerprint density at radius 3 is 2.57 bits per heavy atom. The Morgan fingerprint density at radius 1 is 1.06 bits per heavy atom. The molecule has 0 fully saturated rings. The molecule has 2 amide bonds. The maximum absolute atomic E-state index is 12.4. The Bertz CT molecular complexity index is 1270. The SMILES string of the molecule is CC(C)(C)c1cc(NC(=O)Nc2ccc(-n3cnc4cc(OCCOCCN)ccc43)cc2)n[nH]1. The number of carbonyl (C=O) groups excluding carboxylic acids is 1. The summed E-state index contributed by atoms with van der Waals surface area (Å²) in [5.74, 6) is 1.21. The first-order valence-corrected chi connectivity index (χ1v) is 11.5. The van der Waals surface area contributed by atoms with E-state index in [0.29, 0.717) is 37.9 Å². The minimum atomic E-state index is -0.362. The van der Waals surface area contributed by atoms with Crippen molar-refractivity contribution < 1.29 is 14.3 Å². The minimum Gasteiger partial charge on any atom is -0.491 e. The van der Waals surface area contributed by atoms with E-state index < -0.39 is 0 Å². The second-order valence-electron chi connectivity index (χ2n) is 9.06. The second kappa shape index (κ2) is 10.6. The normalized spacial score (nSPS) is 11.5. The number of hydrogen-bond donors (Lipinski definition) is 4. The third-order valence-electron chi connectivity index (χ3n) is 5.31. The van der Waals surface area contributed by atoms with Crippen molar-refractivity contribution in [1.29, 1.82) is 0 Å². The van der Waals surface area contributed by atoms with Crippen LogP contribution in [-0.2, 0) is 10.2 Å². The van der Waals surface area contributed by atoms with Crippen molar-refractivity contribution in [1.82, 2.24) is 19.7 Å². The second-order valence-corrected chi connectivity index (χ2v) is 9.06. The van der Waals surface area contributed by atoms with Crippen LogP contribution in [0.1, 0.15) is 26.5 Å². The minimum absolute atomic E-state index is 0.0787. The van der Waals surface area contributed by atoms with E-state index in [1.54, 1.807) is 6.33 Å². The van der Waals surface area contributed by atoms with Crippen molar-refractivity contribution >= 4 is 28.6 Å². The molecule has 0 aliphatic rings. The lowest BCUT2D eigenvalue weighted by molar-refractivity contribution is 0.106. The van der Waals surface area contributed by atoms with Gasteiger partial charge >= 0.3 is 6.03 Å². The first-order chi connectivity index (χ1) is 16.8. The van der Waals surface area contributed by atoms with Crippen molar-refractivity contribution in [3.63, 3.8) is 0 Å². The number of benzene rings is 2. The van der Waals surface area contributed by atoms with Gasteiger partial charge in [-0.1, -0.05) is 20.8 Å². The van der Waals surface area contributed by atoms with Gasteiger partial charge in [0, 0.05) is 41.2 Å². The van der Waals surface area contributed by atoms with E-state index in [-0.39, 0.29) is 11.4 Å². The van der Waals surface area contributed by atoms with Crippen LogP contribution >= 0.6 is 0 Å². The number of imidazole rings is 1. The number of rotatable bonds is 9. The maximum atomic E-state index is 12.4. The number of H-pyrrole nitrogens is 1. The molecule has 4 aromatic rings. The Kier molecular flexibility index (Phi) is 7.33. The molecular weight excluding hydrogens is 446 g/mol. The number of carbonyl (C=O) groups is 1. The van der Waals surface area contributed by atoms with Gasteiger partial charge in [0.25, 0.3) is 0 Å². The van der Waals surface area contributed by atoms with Gasteiger partial charge in [0.05, 0.1) is 24.2 Å². The van der Waals surface area contributed by atoms with E-state index in [1.165, 1.54) is 0 Å². The molecule has 10 nitrogen and oxygen atoms in total. The number of aromatic amines is 1. The highest BCUT2D eigenvalue weighted by Gasteiger charge is 2.17. The van der Waals surface area contributed by atoms with Gasteiger partial charge in [0.1, 0.15) is 18.7 Å². The third kappa shape index (κ3) is 6.17. The Morgan fingerprint density at radius 2 is 1.86 bits per heavy atom. The van der Waals surface area contributed by atoms with Crippen LogP contribution in [0, 0.1) is 0 Å². The Hall–Kier alpha value is -3.89. The topological polar surface area (TPSA) is 132 Å². The van der Waals surface area contributed by atoms with Crippen LogP contribution in [0.3, 0.4) is 0 Å². The van der Waals surface area contributed by atoms with E-state index in [9.17, 15) is 4.79 Å². The largest absolute Gasteiger partial charge is 0.491 e. The molecular formula is C25H31N7O3. The van der Waals surface area contributed by atoms with Crippen molar-refractivity contribution in [2.24, 2.45) is 5.73 Å². The van der Waals surface area contributed by atoms with Gasteiger partial charge in [-0.05, 0) is 36.4 Å². The van der Waals surface area contributed by atoms with E-state index in [4.69, 9.17) is 15.2 Å². The number of anilines is 2. The fourth-order valence-electron chi connectivity index (χ4n) is 3.45. The average molecular weight is 478 g/mol. The molecule has 184 valence electrons. The quantitative estimate of drug-likeness (QED) is 0.269. The van der Waals surface area contributed by atoms with Crippen LogP contribution in [-0.4, -0.2) is 52.1 Å². The van der Waals surface area contributed by atoms with Gasteiger partial charge in [0.15, 0.2) is 5.82 Å². The molecule has 0 unspecified atom stereocenters. The van der Waals surface area contributed by atoms with Crippen molar-refractivity contribution in [3.8, 4) is 11.4 Å². The van der Waals surface area contributed by atoms with Crippen LogP contribution in [0.25, 0.3) is 16.7 Å². The van der Waals surface area contributed by atoms with Gasteiger partial charge in [-0.25, -0.2) is 9.78 Å². The highest BCUT2D eigenvalue weighted by atomic mass is 16.5. The molecule has 0 bridgehead atoms. The molecule has 0 aliphatic carbocycles. The molecule has 10 heteroatoms. The van der Waals surface area contributed by atoms with Gasteiger partial charge < -0.3 is 20.5 Å². The molecule has 0 atom stereocenters. The molecule has 2 aromatic carbocycles. The number of fused-ring (bicyclic) bond motifs is 1. The van der Waals surface area contributed by atoms with Crippen LogP contribution in [0.2, 0.25) is 0 Å². The fourth-order valence-corrected chi connectivity index (χ4v) is 3.45. The first-order valence-electron chi connectivity index (χ1n) is 11.5. The summed E-state index contributed by atoms with van der Waals surface area (Å²) in [5, 5.41) is 12.7. The lowest BCUT2D eigenvalue weighted by Crippen LogP contribution is -2.19. The summed E-state index contributed by atoms with van der Waals surface area (Å²) in [7, 11) is 0. The molecule has 0 spiro atoms. The molecule has 0 radical (unpaired) electrons. The number of aromatic nitrogens is 4. The zero-order valence-electron chi connectivity index (χ0n) is 20.2. The summed E-state index contributed by atoms with van der Waals surface area (Å²) < 4.78 is 13.0. The van der Waals surface area contributed by atoms with E-state index in [2.05, 4.69) is 46.6 Å². The number of nitrogens with two attached hydrogens (primary N) is 1. The van der Waals surface area contributed by atoms with Crippen LogP contribution < -0.4 is 21.1 Å². The van der Waals surface area contributed by atoms with Crippen LogP contribution in [0.15, 0.2) is 54.9 Å². The summed E-state index contributed by atoms with van der Waals surface area (Å²) in [6, 6.07) is 14.8. The number of nitrogens with one attached hydrogen (secondary N) is 3. The van der Waals surface area contributed by atoms with E-state index in [0.717, 1.165) is 28.2 Å². The van der Waals surface area contributed by atoms with Gasteiger partial charge in [0.2, 0.25) is 0 Å². The number of amides is 2. The Balaban J connectivity index is 1.37. The number of nitrogens with zero attached hydrogens (tertiary/aromatic N) is 3. The van der Waals surface area contributed by atoms with Crippen molar-refractivity contribution in [2.75, 3.05) is 37.0 Å². The predicted octanol–water partition coefficient (Wildman–Crippen LogP) is 4.04. The molecule has 0 saturated carbocycles. The van der Waals surface area contributed by atoms with Gasteiger partial charge in [-0.2, -0.15) is 5.10 Å². The van der Waals surface area contributed by atoms with E-state index >= 15 is 0 Å². The van der Waals surface area contributed by atoms with Gasteiger partial charge in [-0.3, -0.25) is 15.0 Å². The molecule has 2 aromatic heterocycles. The summed E-state index contributed by atoms with van der Waals surface area (Å²) >= 11 is 0. The molecule has 2 heterocycles. The highest BCUT2D eigenvalue weighted by Crippen LogP contribution is 2.24. The zero-order chi connectivity index (χ0) is 24.8. The van der Waals surface area contributed by atoms with Gasteiger partial charge in [-0.15, -0.1) is 0 Å². The van der Waals surface area contributed by atoms with Crippen LogP contribution in [0.5, 0.6) is 5.75 Å².